The number of hydrogen-bond acceptors (Lipinski definition) is 4. The molecular weight excluding hydrogens is 180 g/mol. The van der Waals surface area contributed by atoms with Crippen LogP contribution in [0.3, 0.4) is 0 Å². The third-order valence-corrected chi connectivity index (χ3v) is 2.09. The number of ketones is 1. The van der Waals surface area contributed by atoms with Gasteiger partial charge in [-0.15, -0.1) is 0 Å². The van der Waals surface area contributed by atoms with Gasteiger partial charge in [0.2, 0.25) is 0 Å². The molecule has 0 unspecified atom stereocenters. The predicted octanol–water partition coefficient (Wildman–Crippen LogP) is 1.53. The van der Waals surface area contributed by atoms with Crippen LogP contribution < -0.4 is 0 Å². The Morgan fingerprint density at radius 1 is 1.43 bits per heavy atom. The van der Waals surface area contributed by atoms with Gasteiger partial charge in [-0.25, -0.2) is 0 Å². The van der Waals surface area contributed by atoms with E-state index in [1.807, 2.05) is 11.9 Å². The van der Waals surface area contributed by atoms with Gasteiger partial charge in [-0.3, -0.25) is 4.79 Å². The average molecular weight is 200 g/mol. The van der Waals surface area contributed by atoms with Crippen molar-refractivity contribution in [3.8, 4) is 0 Å². The molecule has 14 heavy (non-hydrogen) atoms. The second-order valence-electron chi connectivity index (χ2n) is 3.55. The van der Waals surface area contributed by atoms with E-state index in [4.69, 9.17) is 5.21 Å². The summed E-state index contributed by atoms with van der Waals surface area (Å²) in [6, 6.07) is 0. The van der Waals surface area contributed by atoms with Crippen LogP contribution in [-0.2, 0) is 4.79 Å². The van der Waals surface area contributed by atoms with Crippen molar-refractivity contribution in [3.05, 3.63) is 0 Å². The second-order valence-corrected chi connectivity index (χ2v) is 3.55. The lowest BCUT2D eigenvalue weighted by Gasteiger charge is -2.15. The molecule has 4 heteroatoms. The molecule has 0 heterocycles. The SMILES string of the molecule is CCCCCN(C)C/C(=N/O)C(C)=O. The molecule has 0 fully saturated rings. The summed E-state index contributed by atoms with van der Waals surface area (Å²) in [6.45, 7) is 4.92. The first-order chi connectivity index (χ1) is 6.61. The Labute approximate surface area is 85.6 Å². The standard InChI is InChI=1S/C10H20N2O2/c1-4-5-6-7-12(3)8-10(11-14)9(2)13/h14H,4-8H2,1-3H3/b11-10-. The van der Waals surface area contributed by atoms with Gasteiger partial charge in [0.25, 0.3) is 0 Å². The molecule has 0 saturated heterocycles. The molecule has 1 N–H and O–H groups in total. The molecule has 0 bridgehead atoms. The average Bonchev–Trinajstić information content (AvgIpc) is 2.14. The molecule has 0 atom stereocenters. The van der Waals surface area contributed by atoms with Gasteiger partial charge >= 0.3 is 0 Å². The van der Waals surface area contributed by atoms with E-state index in [0.29, 0.717) is 6.54 Å². The minimum atomic E-state index is -0.171. The first-order valence-electron chi connectivity index (χ1n) is 5.02. The Morgan fingerprint density at radius 3 is 2.50 bits per heavy atom. The topological polar surface area (TPSA) is 52.9 Å². The molecule has 0 rings (SSSR count). The van der Waals surface area contributed by atoms with Crippen molar-refractivity contribution in [2.45, 2.75) is 33.1 Å². The van der Waals surface area contributed by atoms with Crippen LogP contribution in [0.5, 0.6) is 0 Å². The van der Waals surface area contributed by atoms with Gasteiger partial charge in [0.15, 0.2) is 5.78 Å². The van der Waals surface area contributed by atoms with E-state index < -0.39 is 0 Å². The molecule has 0 amide bonds. The number of nitrogens with zero attached hydrogens (tertiary/aromatic N) is 2. The minimum absolute atomic E-state index is 0.171. The monoisotopic (exact) mass is 200 g/mol. The fourth-order valence-electron chi connectivity index (χ4n) is 1.18. The summed E-state index contributed by atoms with van der Waals surface area (Å²) in [7, 11) is 1.92. The molecule has 0 aliphatic rings. The zero-order valence-corrected chi connectivity index (χ0v) is 9.29. The molecule has 0 aromatic carbocycles. The highest BCUT2D eigenvalue weighted by atomic mass is 16.4. The van der Waals surface area contributed by atoms with Gasteiger partial charge in [-0.1, -0.05) is 24.9 Å². The van der Waals surface area contributed by atoms with Gasteiger partial charge in [0.1, 0.15) is 5.71 Å². The number of carbonyl (C=O) groups is 1. The predicted molar refractivity (Wildman–Crippen MR) is 56.9 cm³/mol. The summed E-state index contributed by atoms with van der Waals surface area (Å²) in [5, 5.41) is 11.5. The van der Waals surface area contributed by atoms with Crippen molar-refractivity contribution in [1.82, 2.24) is 4.90 Å². The van der Waals surface area contributed by atoms with Crippen LogP contribution in [0.2, 0.25) is 0 Å². The third kappa shape index (κ3) is 5.70. The van der Waals surface area contributed by atoms with E-state index >= 15 is 0 Å². The highest BCUT2D eigenvalue weighted by molar-refractivity contribution is 6.39. The highest BCUT2D eigenvalue weighted by Gasteiger charge is 2.09. The maximum absolute atomic E-state index is 10.9. The van der Waals surface area contributed by atoms with E-state index in [-0.39, 0.29) is 11.5 Å². The lowest BCUT2D eigenvalue weighted by molar-refractivity contribution is -0.111. The van der Waals surface area contributed by atoms with Crippen molar-refractivity contribution in [2.24, 2.45) is 5.16 Å². The number of unbranched alkanes of at least 4 members (excludes halogenated alkanes) is 2. The van der Waals surface area contributed by atoms with E-state index in [9.17, 15) is 4.79 Å². The summed E-state index contributed by atoms with van der Waals surface area (Å²) in [5.41, 5.74) is 0.226. The minimum Gasteiger partial charge on any atom is -0.411 e. The van der Waals surface area contributed by atoms with E-state index in [0.717, 1.165) is 13.0 Å². The van der Waals surface area contributed by atoms with Crippen LogP contribution in [0.25, 0.3) is 0 Å². The number of Topliss-reactive ketones (excluding diaryl/α,β-unsaturated/α-hetero) is 1. The Kier molecular flexibility index (Phi) is 7.02. The quantitative estimate of drug-likeness (QED) is 0.293. The summed E-state index contributed by atoms with van der Waals surface area (Å²) in [5.74, 6) is -0.171. The van der Waals surface area contributed by atoms with Crippen molar-refractivity contribution < 1.29 is 10.0 Å². The largest absolute Gasteiger partial charge is 0.411 e. The Balaban J connectivity index is 3.80. The highest BCUT2D eigenvalue weighted by Crippen LogP contribution is 1.96. The third-order valence-electron chi connectivity index (χ3n) is 2.09. The van der Waals surface area contributed by atoms with Crippen LogP contribution in [0.15, 0.2) is 5.16 Å². The van der Waals surface area contributed by atoms with Crippen LogP contribution in [0.4, 0.5) is 0 Å². The van der Waals surface area contributed by atoms with Gasteiger partial charge < -0.3 is 10.1 Å². The molecule has 0 saturated carbocycles. The van der Waals surface area contributed by atoms with Gasteiger partial charge in [-0.2, -0.15) is 0 Å². The van der Waals surface area contributed by atoms with Crippen molar-refractivity contribution in [2.75, 3.05) is 20.1 Å². The summed E-state index contributed by atoms with van der Waals surface area (Å²) in [4.78, 5) is 12.9. The fraction of sp³-hybridized carbons (Fsp3) is 0.800. The Bertz CT molecular complexity index is 202. The fourth-order valence-corrected chi connectivity index (χ4v) is 1.18. The van der Waals surface area contributed by atoms with Crippen LogP contribution >= 0.6 is 0 Å². The lowest BCUT2D eigenvalue weighted by Crippen LogP contribution is -2.30. The van der Waals surface area contributed by atoms with Gasteiger partial charge in [0.05, 0.1) is 0 Å². The van der Waals surface area contributed by atoms with Crippen molar-refractivity contribution in [1.29, 1.82) is 0 Å². The number of oxime groups is 1. The zero-order valence-electron chi connectivity index (χ0n) is 9.29. The number of rotatable bonds is 7. The molecule has 0 spiro atoms. The number of hydrogen-bond donors (Lipinski definition) is 1. The Morgan fingerprint density at radius 2 is 2.07 bits per heavy atom. The van der Waals surface area contributed by atoms with Crippen molar-refractivity contribution >= 4 is 11.5 Å². The smallest absolute Gasteiger partial charge is 0.178 e. The summed E-state index contributed by atoms with van der Waals surface area (Å²) < 4.78 is 0. The second kappa shape index (κ2) is 7.50. The van der Waals surface area contributed by atoms with Crippen molar-refractivity contribution in [3.63, 3.8) is 0 Å². The lowest BCUT2D eigenvalue weighted by atomic mass is 10.2. The van der Waals surface area contributed by atoms with Crippen LogP contribution in [0.1, 0.15) is 33.1 Å². The van der Waals surface area contributed by atoms with Gasteiger partial charge in [-0.05, 0) is 20.0 Å². The maximum atomic E-state index is 10.9. The molecule has 0 aliphatic heterocycles. The van der Waals surface area contributed by atoms with Gasteiger partial charge in [0, 0.05) is 13.5 Å². The number of carbonyl (C=O) groups excluding carboxylic acids is 1. The molecular formula is C10H20N2O2. The maximum Gasteiger partial charge on any atom is 0.178 e. The zero-order chi connectivity index (χ0) is 11.0. The summed E-state index contributed by atoms with van der Waals surface area (Å²) >= 11 is 0. The first-order valence-corrected chi connectivity index (χ1v) is 5.02. The molecule has 0 aliphatic carbocycles. The Hall–Kier alpha value is -0.900. The van der Waals surface area contributed by atoms with Crippen LogP contribution in [0, 0.1) is 0 Å². The molecule has 82 valence electrons. The summed E-state index contributed by atoms with van der Waals surface area (Å²) in [6.07, 6.45) is 3.49. The molecule has 0 aromatic heterocycles. The molecule has 0 aromatic rings. The normalized spacial score (nSPS) is 12.1. The van der Waals surface area contributed by atoms with Crippen LogP contribution in [-0.4, -0.2) is 41.7 Å². The van der Waals surface area contributed by atoms with E-state index in [1.165, 1.54) is 19.8 Å². The van der Waals surface area contributed by atoms with E-state index in [2.05, 4.69) is 12.1 Å². The van der Waals surface area contributed by atoms with E-state index in [1.54, 1.807) is 0 Å². The molecule has 0 radical (unpaired) electrons. The first kappa shape index (κ1) is 13.1. The molecule has 4 nitrogen and oxygen atoms in total.